The zero-order valence-electron chi connectivity index (χ0n) is 15.9. The number of benzene rings is 3. The van der Waals surface area contributed by atoms with Gasteiger partial charge in [0.25, 0.3) is 0 Å². The maximum Gasteiger partial charge on any atom is 0.189 e. The molecular weight excluding hydrogens is 348 g/mol. The summed E-state index contributed by atoms with van der Waals surface area (Å²) in [5.74, 6) is 1.50. The highest BCUT2D eigenvalue weighted by molar-refractivity contribution is 6.15. The first-order valence-corrected chi connectivity index (χ1v) is 9.51. The Morgan fingerprint density at radius 3 is 2.46 bits per heavy atom. The molecule has 0 heterocycles. The number of carbonyl (C=O) groups excluding carboxylic acids is 1. The first-order chi connectivity index (χ1) is 13.7. The highest BCUT2D eigenvalue weighted by Crippen LogP contribution is 2.32. The van der Waals surface area contributed by atoms with Gasteiger partial charge in [0, 0.05) is 17.6 Å². The highest BCUT2D eigenvalue weighted by atomic mass is 16.5. The quantitative estimate of drug-likeness (QED) is 0.539. The van der Waals surface area contributed by atoms with Gasteiger partial charge in [-0.15, -0.1) is 0 Å². The number of carbonyl (C=O) groups is 1. The van der Waals surface area contributed by atoms with Gasteiger partial charge < -0.3 is 9.47 Å². The van der Waals surface area contributed by atoms with Crippen molar-refractivity contribution in [1.29, 1.82) is 0 Å². The largest absolute Gasteiger partial charge is 0.490 e. The van der Waals surface area contributed by atoms with Crippen LogP contribution in [0.5, 0.6) is 11.5 Å². The number of fused-ring (bicyclic) bond motifs is 1. The molecular formula is C25H22O3. The van der Waals surface area contributed by atoms with E-state index in [4.69, 9.17) is 9.47 Å². The van der Waals surface area contributed by atoms with Crippen molar-refractivity contribution in [2.45, 2.75) is 20.0 Å². The average Bonchev–Trinajstić information content (AvgIpc) is 3.04. The summed E-state index contributed by atoms with van der Waals surface area (Å²) < 4.78 is 11.7. The molecule has 3 aromatic rings. The Kier molecular flexibility index (Phi) is 5.24. The molecule has 3 heteroatoms. The van der Waals surface area contributed by atoms with E-state index in [1.54, 1.807) is 0 Å². The molecule has 0 radical (unpaired) electrons. The smallest absolute Gasteiger partial charge is 0.189 e. The maximum absolute atomic E-state index is 12.6. The summed E-state index contributed by atoms with van der Waals surface area (Å²) in [6.07, 6.45) is 2.62. The van der Waals surface area contributed by atoms with E-state index in [1.807, 2.05) is 85.8 Å². The molecule has 0 unspecified atom stereocenters. The molecule has 140 valence electrons. The van der Waals surface area contributed by atoms with Crippen LogP contribution >= 0.6 is 0 Å². The minimum Gasteiger partial charge on any atom is -0.490 e. The molecule has 0 aromatic heterocycles. The van der Waals surface area contributed by atoms with Gasteiger partial charge in [-0.2, -0.15) is 0 Å². The molecule has 1 aliphatic carbocycles. The number of Topliss-reactive ketones (excluding diaryl/α,β-unsaturated/α-hetero) is 1. The predicted molar refractivity (Wildman–Crippen MR) is 111 cm³/mol. The Hall–Kier alpha value is -3.33. The monoisotopic (exact) mass is 370 g/mol. The standard InChI is InChI=1S/C25H22O3/c1-2-27-24-15-19(12-13-23(24)28-17-18-8-4-3-5-9-18)14-21-16-20-10-6-7-11-22(20)25(21)26/h3-15H,2,16-17H2,1H3/b21-14+. The molecule has 0 saturated carbocycles. The van der Waals surface area contributed by atoms with Crippen LogP contribution in [0.2, 0.25) is 0 Å². The average molecular weight is 370 g/mol. The third-order valence-electron chi connectivity index (χ3n) is 4.78. The predicted octanol–water partition coefficient (Wildman–Crippen LogP) is 5.49. The Morgan fingerprint density at radius 2 is 1.68 bits per heavy atom. The Morgan fingerprint density at radius 1 is 0.893 bits per heavy atom. The van der Waals surface area contributed by atoms with Crippen molar-refractivity contribution in [3.05, 3.63) is 101 Å². The van der Waals surface area contributed by atoms with Gasteiger partial charge in [0.2, 0.25) is 0 Å². The van der Waals surface area contributed by atoms with Crippen molar-refractivity contribution in [2.75, 3.05) is 6.61 Å². The lowest BCUT2D eigenvalue weighted by Crippen LogP contribution is -2.00. The third kappa shape index (κ3) is 3.84. The number of allylic oxidation sites excluding steroid dienone is 1. The van der Waals surface area contributed by atoms with Crippen LogP contribution in [0, 0.1) is 0 Å². The number of hydrogen-bond acceptors (Lipinski definition) is 3. The number of ketones is 1. The maximum atomic E-state index is 12.6. The van der Waals surface area contributed by atoms with E-state index < -0.39 is 0 Å². The van der Waals surface area contributed by atoms with Crippen LogP contribution in [0.25, 0.3) is 6.08 Å². The molecule has 4 rings (SSSR count). The Balaban J connectivity index is 1.56. The van der Waals surface area contributed by atoms with Crippen molar-refractivity contribution in [2.24, 2.45) is 0 Å². The second kappa shape index (κ2) is 8.13. The van der Waals surface area contributed by atoms with Crippen molar-refractivity contribution >= 4 is 11.9 Å². The van der Waals surface area contributed by atoms with Crippen LogP contribution in [0.4, 0.5) is 0 Å². The third-order valence-corrected chi connectivity index (χ3v) is 4.78. The highest BCUT2D eigenvalue weighted by Gasteiger charge is 2.24. The topological polar surface area (TPSA) is 35.5 Å². The molecule has 0 aliphatic heterocycles. The van der Waals surface area contributed by atoms with Crippen LogP contribution in [0.15, 0.2) is 78.4 Å². The molecule has 0 N–H and O–H groups in total. The summed E-state index contributed by atoms with van der Waals surface area (Å²) in [7, 11) is 0. The zero-order chi connectivity index (χ0) is 19.3. The summed E-state index contributed by atoms with van der Waals surface area (Å²) >= 11 is 0. The second-order valence-electron chi connectivity index (χ2n) is 6.75. The van der Waals surface area contributed by atoms with Gasteiger partial charge in [-0.05, 0) is 41.8 Å². The molecule has 0 bridgehead atoms. The number of ether oxygens (including phenoxy) is 2. The molecule has 0 saturated heterocycles. The van der Waals surface area contributed by atoms with Crippen molar-refractivity contribution in [3.8, 4) is 11.5 Å². The minimum absolute atomic E-state index is 0.109. The van der Waals surface area contributed by atoms with Crippen molar-refractivity contribution in [1.82, 2.24) is 0 Å². The second-order valence-corrected chi connectivity index (χ2v) is 6.75. The molecule has 1 aliphatic rings. The molecule has 0 spiro atoms. The fourth-order valence-electron chi connectivity index (χ4n) is 3.41. The Labute approximate surface area is 165 Å². The van der Waals surface area contributed by atoms with E-state index in [0.717, 1.165) is 27.8 Å². The normalized spacial score (nSPS) is 14.2. The van der Waals surface area contributed by atoms with E-state index in [2.05, 4.69) is 0 Å². The van der Waals surface area contributed by atoms with Crippen molar-refractivity contribution < 1.29 is 14.3 Å². The van der Waals surface area contributed by atoms with Crippen LogP contribution in [0.1, 0.15) is 34.0 Å². The fourth-order valence-corrected chi connectivity index (χ4v) is 3.41. The molecule has 3 aromatic carbocycles. The number of hydrogen-bond donors (Lipinski definition) is 0. The van der Waals surface area contributed by atoms with Gasteiger partial charge in [-0.3, -0.25) is 4.79 Å². The lowest BCUT2D eigenvalue weighted by Gasteiger charge is -2.13. The van der Waals surface area contributed by atoms with Gasteiger partial charge in [0.05, 0.1) is 6.61 Å². The SMILES string of the molecule is CCOc1cc(/C=C2\Cc3ccccc3C2=O)ccc1OCc1ccccc1. The van der Waals surface area contributed by atoms with Crippen molar-refractivity contribution in [3.63, 3.8) is 0 Å². The molecule has 3 nitrogen and oxygen atoms in total. The summed E-state index contributed by atoms with van der Waals surface area (Å²) in [5.41, 5.74) is 4.74. The summed E-state index contributed by atoms with van der Waals surface area (Å²) in [6, 6.07) is 23.6. The molecule has 0 amide bonds. The minimum atomic E-state index is 0.109. The van der Waals surface area contributed by atoms with Gasteiger partial charge in [0.15, 0.2) is 17.3 Å². The van der Waals surface area contributed by atoms with Crippen LogP contribution in [-0.4, -0.2) is 12.4 Å². The van der Waals surface area contributed by atoms with E-state index >= 15 is 0 Å². The fraction of sp³-hybridized carbons (Fsp3) is 0.160. The van der Waals surface area contributed by atoms with E-state index in [0.29, 0.717) is 31.1 Å². The molecule has 0 atom stereocenters. The summed E-state index contributed by atoms with van der Waals surface area (Å²) in [5, 5.41) is 0. The first-order valence-electron chi connectivity index (χ1n) is 9.51. The first kappa shape index (κ1) is 18.1. The van der Waals surface area contributed by atoms with E-state index in [-0.39, 0.29) is 5.78 Å². The Bertz CT molecular complexity index is 1020. The molecule has 28 heavy (non-hydrogen) atoms. The van der Waals surface area contributed by atoms with Gasteiger partial charge >= 0.3 is 0 Å². The van der Waals surface area contributed by atoms with Gasteiger partial charge in [-0.1, -0.05) is 60.7 Å². The summed E-state index contributed by atoms with van der Waals surface area (Å²) in [6.45, 7) is 2.98. The van der Waals surface area contributed by atoms with Crippen LogP contribution in [0.3, 0.4) is 0 Å². The summed E-state index contributed by atoms with van der Waals surface area (Å²) in [4.78, 5) is 12.6. The van der Waals surface area contributed by atoms with Gasteiger partial charge in [-0.25, -0.2) is 0 Å². The molecule has 0 fully saturated rings. The lowest BCUT2D eigenvalue weighted by atomic mass is 10.1. The number of rotatable bonds is 6. The lowest BCUT2D eigenvalue weighted by molar-refractivity contribution is 0.104. The van der Waals surface area contributed by atoms with E-state index in [9.17, 15) is 4.79 Å². The zero-order valence-corrected chi connectivity index (χ0v) is 15.9. The van der Waals surface area contributed by atoms with Gasteiger partial charge in [0.1, 0.15) is 6.61 Å². The van der Waals surface area contributed by atoms with Crippen LogP contribution in [-0.2, 0) is 13.0 Å². The van der Waals surface area contributed by atoms with Crippen LogP contribution < -0.4 is 9.47 Å². The van der Waals surface area contributed by atoms with E-state index in [1.165, 1.54) is 0 Å².